The van der Waals surface area contributed by atoms with Crippen LogP contribution in [0.2, 0.25) is 0 Å². The highest BCUT2D eigenvalue weighted by Crippen LogP contribution is 2.28. The van der Waals surface area contributed by atoms with Crippen LogP contribution in [0.25, 0.3) is 0 Å². The van der Waals surface area contributed by atoms with Crippen LogP contribution in [-0.4, -0.2) is 20.2 Å². The van der Waals surface area contributed by atoms with Gasteiger partial charge in [0.05, 0.1) is 19.8 Å². The second-order valence-electron chi connectivity index (χ2n) is 4.75. The van der Waals surface area contributed by atoms with Crippen LogP contribution in [0.5, 0.6) is 11.5 Å². The fraction of sp³-hybridized carbons (Fsp3) is 0.167. The van der Waals surface area contributed by atoms with Gasteiger partial charge in [0, 0.05) is 5.56 Å². The van der Waals surface area contributed by atoms with Gasteiger partial charge in [0.1, 0.15) is 23.6 Å². The quantitative estimate of drug-likeness (QED) is 0.786. The maximum absolute atomic E-state index is 12.3. The van der Waals surface area contributed by atoms with Crippen molar-refractivity contribution in [2.24, 2.45) is 0 Å². The average Bonchev–Trinajstić information content (AvgIpc) is 2.66. The first-order valence-corrected chi connectivity index (χ1v) is 6.93. The second-order valence-corrected chi connectivity index (χ2v) is 4.75. The number of rotatable bonds is 5. The molecule has 0 saturated carbocycles. The van der Waals surface area contributed by atoms with Crippen LogP contribution in [0.4, 0.5) is 0 Å². The summed E-state index contributed by atoms with van der Waals surface area (Å²) in [5, 5.41) is 18.9. The van der Waals surface area contributed by atoms with Gasteiger partial charge in [-0.25, -0.2) is 4.79 Å². The highest BCUT2D eigenvalue weighted by molar-refractivity contribution is 5.90. The molecule has 0 aromatic heterocycles. The summed E-state index contributed by atoms with van der Waals surface area (Å²) in [5.41, 5.74) is -1.59. The van der Waals surface area contributed by atoms with Crippen molar-refractivity contribution in [2.75, 3.05) is 14.2 Å². The molecule has 0 heterocycles. The lowest BCUT2D eigenvalue weighted by molar-refractivity contribution is 0.0237. The summed E-state index contributed by atoms with van der Waals surface area (Å²) in [4.78, 5) is 12.3. The Morgan fingerprint density at radius 1 is 0.875 bits per heavy atom. The van der Waals surface area contributed by atoms with E-state index in [2.05, 4.69) is 0 Å². The Bertz CT molecular complexity index is 785. The first-order chi connectivity index (χ1) is 11.6. The highest BCUT2D eigenvalue weighted by atomic mass is 16.6. The summed E-state index contributed by atoms with van der Waals surface area (Å²) in [6.07, 6.45) is 0. The molecule has 2 rings (SSSR count). The summed E-state index contributed by atoms with van der Waals surface area (Å²) in [6, 6.07) is 15.9. The van der Waals surface area contributed by atoms with Crippen molar-refractivity contribution in [3.63, 3.8) is 0 Å². The van der Waals surface area contributed by atoms with Crippen molar-refractivity contribution in [3.05, 3.63) is 59.7 Å². The molecule has 6 nitrogen and oxygen atoms in total. The van der Waals surface area contributed by atoms with Crippen molar-refractivity contribution in [2.45, 2.75) is 5.60 Å². The molecule has 6 heteroatoms. The minimum absolute atomic E-state index is 0.208. The smallest absolute Gasteiger partial charge is 0.340 e. The Balaban J connectivity index is 2.31. The zero-order chi connectivity index (χ0) is 17.6. The SMILES string of the molecule is COc1ccc(C(=O)OC(C#N)(C#N)c2ccc(OC)cc2)cc1. The number of hydrogen-bond acceptors (Lipinski definition) is 6. The van der Waals surface area contributed by atoms with E-state index in [1.165, 1.54) is 38.5 Å². The number of hydrogen-bond donors (Lipinski definition) is 0. The van der Waals surface area contributed by atoms with E-state index < -0.39 is 11.6 Å². The normalized spacial score (nSPS) is 10.2. The van der Waals surface area contributed by atoms with Gasteiger partial charge < -0.3 is 14.2 Å². The fourth-order valence-electron chi connectivity index (χ4n) is 2.01. The number of nitrogens with zero attached hydrogens (tertiary/aromatic N) is 2. The van der Waals surface area contributed by atoms with Gasteiger partial charge in [0.2, 0.25) is 0 Å². The van der Waals surface area contributed by atoms with Crippen LogP contribution < -0.4 is 9.47 Å². The predicted molar refractivity (Wildman–Crippen MR) is 84.3 cm³/mol. The molecule has 2 aromatic rings. The zero-order valence-electron chi connectivity index (χ0n) is 13.1. The summed E-state index contributed by atoms with van der Waals surface area (Å²) < 4.78 is 15.3. The third-order valence-corrected chi connectivity index (χ3v) is 3.38. The molecule has 0 saturated heterocycles. The topological polar surface area (TPSA) is 92.3 Å². The summed E-state index contributed by atoms with van der Waals surface area (Å²) >= 11 is 0. The molecule has 0 amide bonds. The second kappa shape index (κ2) is 7.17. The molecule has 0 fully saturated rings. The molecule has 0 unspecified atom stereocenters. The zero-order valence-corrected chi connectivity index (χ0v) is 13.1. The summed E-state index contributed by atoms with van der Waals surface area (Å²) in [7, 11) is 3.01. The largest absolute Gasteiger partial charge is 0.497 e. The lowest BCUT2D eigenvalue weighted by atomic mass is 9.96. The van der Waals surface area contributed by atoms with Crippen LogP contribution in [-0.2, 0) is 10.3 Å². The van der Waals surface area contributed by atoms with Crippen molar-refractivity contribution in [1.29, 1.82) is 10.5 Å². The Morgan fingerprint density at radius 2 is 1.33 bits per heavy atom. The molecule has 0 aliphatic heterocycles. The molecule has 0 aliphatic carbocycles. The van der Waals surface area contributed by atoms with Crippen LogP contribution >= 0.6 is 0 Å². The number of esters is 1. The fourth-order valence-corrected chi connectivity index (χ4v) is 2.01. The van der Waals surface area contributed by atoms with E-state index in [9.17, 15) is 15.3 Å². The van der Waals surface area contributed by atoms with Gasteiger partial charge in [-0.3, -0.25) is 0 Å². The maximum Gasteiger partial charge on any atom is 0.340 e. The number of carbonyl (C=O) groups excluding carboxylic acids is 1. The van der Waals surface area contributed by atoms with E-state index in [0.29, 0.717) is 11.5 Å². The molecule has 0 bridgehead atoms. The van der Waals surface area contributed by atoms with Gasteiger partial charge in [-0.2, -0.15) is 10.5 Å². The van der Waals surface area contributed by atoms with E-state index in [1.54, 1.807) is 36.4 Å². The molecular formula is C18H14N2O4. The van der Waals surface area contributed by atoms with E-state index in [0.717, 1.165) is 0 Å². The molecule has 0 atom stereocenters. The van der Waals surface area contributed by atoms with Crippen molar-refractivity contribution < 1.29 is 19.0 Å². The number of methoxy groups -OCH3 is 2. The maximum atomic E-state index is 12.3. The van der Waals surface area contributed by atoms with Gasteiger partial charge in [0.25, 0.3) is 0 Å². The Morgan fingerprint density at radius 3 is 1.75 bits per heavy atom. The summed E-state index contributed by atoms with van der Waals surface area (Å²) in [6.45, 7) is 0. The Kier molecular flexibility index (Phi) is 5.03. The van der Waals surface area contributed by atoms with Crippen molar-refractivity contribution in [3.8, 4) is 23.6 Å². The first-order valence-electron chi connectivity index (χ1n) is 6.93. The molecule has 0 spiro atoms. The molecule has 120 valence electrons. The molecule has 0 N–H and O–H groups in total. The minimum atomic E-state index is -2.04. The van der Waals surface area contributed by atoms with Gasteiger partial charge in [-0.1, -0.05) is 0 Å². The lowest BCUT2D eigenvalue weighted by Gasteiger charge is -2.20. The predicted octanol–water partition coefficient (Wildman–Crippen LogP) is 2.80. The minimum Gasteiger partial charge on any atom is -0.497 e. The Hall–Kier alpha value is -3.51. The lowest BCUT2D eigenvalue weighted by Crippen LogP contribution is -2.29. The molecular weight excluding hydrogens is 308 g/mol. The third-order valence-electron chi connectivity index (χ3n) is 3.38. The number of benzene rings is 2. The summed E-state index contributed by atoms with van der Waals surface area (Å²) in [5.74, 6) is 0.357. The average molecular weight is 322 g/mol. The van der Waals surface area contributed by atoms with Crippen LogP contribution in [0.1, 0.15) is 15.9 Å². The van der Waals surface area contributed by atoms with Crippen LogP contribution in [0, 0.1) is 22.7 Å². The van der Waals surface area contributed by atoms with Gasteiger partial charge in [-0.15, -0.1) is 0 Å². The van der Waals surface area contributed by atoms with E-state index in [1.807, 2.05) is 0 Å². The number of ether oxygens (including phenoxy) is 3. The Labute approximate surface area is 139 Å². The van der Waals surface area contributed by atoms with Crippen molar-refractivity contribution >= 4 is 5.97 Å². The molecule has 0 aliphatic rings. The standard InChI is InChI=1S/C18H14N2O4/c1-22-15-7-3-13(4-8-15)17(21)24-18(11-19,12-20)14-5-9-16(23-2)10-6-14/h3-10H,1-2H3. The van der Waals surface area contributed by atoms with Gasteiger partial charge in [0.15, 0.2) is 0 Å². The third kappa shape index (κ3) is 3.29. The van der Waals surface area contributed by atoms with Crippen LogP contribution in [0.3, 0.4) is 0 Å². The van der Waals surface area contributed by atoms with Crippen LogP contribution in [0.15, 0.2) is 48.5 Å². The van der Waals surface area contributed by atoms with E-state index in [-0.39, 0.29) is 11.1 Å². The molecule has 24 heavy (non-hydrogen) atoms. The van der Waals surface area contributed by atoms with Gasteiger partial charge >= 0.3 is 11.6 Å². The van der Waals surface area contributed by atoms with Crippen molar-refractivity contribution in [1.82, 2.24) is 0 Å². The van der Waals surface area contributed by atoms with Gasteiger partial charge in [-0.05, 0) is 48.5 Å². The first kappa shape index (κ1) is 16.9. The monoisotopic (exact) mass is 322 g/mol. The highest BCUT2D eigenvalue weighted by Gasteiger charge is 2.37. The number of carbonyl (C=O) groups is 1. The number of nitriles is 2. The van der Waals surface area contributed by atoms with E-state index >= 15 is 0 Å². The molecule has 2 aromatic carbocycles. The molecule has 0 radical (unpaired) electrons. The van der Waals surface area contributed by atoms with E-state index in [4.69, 9.17) is 14.2 Å².